The van der Waals surface area contributed by atoms with Crippen molar-refractivity contribution in [3.63, 3.8) is 0 Å². The molecule has 1 saturated heterocycles. The van der Waals surface area contributed by atoms with Gasteiger partial charge in [-0.2, -0.15) is 4.31 Å². The minimum absolute atomic E-state index is 0.291. The van der Waals surface area contributed by atoms with E-state index < -0.39 is 32.6 Å². The largest absolute Gasteiger partial charge is 0.246 e. The monoisotopic (exact) mass is 380 g/mol. The van der Waals surface area contributed by atoms with E-state index in [2.05, 4.69) is 4.98 Å². The van der Waals surface area contributed by atoms with Crippen LogP contribution in [0, 0.1) is 11.6 Å². The summed E-state index contributed by atoms with van der Waals surface area (Å²) in [5.41, 5.74) is 0.819. The number of benzene rings is 2. The van der Waals surface area contributed by atoms with Crippen molar-refractivity contribution < 1.29 is 17.2 Å². The molecule has 8 heteroatoms. The zero-order valence-corrected chi connectivity index (χ0v) is 14.7. The molecule has 0 aliphatic carbocycles. The molecule has 4 rings (SSSR count). The topological polar surface area (TPSA) is 50.3 Å². The quantitative estimate of drug-likeness (QED) is 0.687. The lowest BCUT2D eigenvalue weighted by Crippen LogP contribution is -2.31. The van der Waals surface area contributed by atoms with E-state index in [1.807, 2.05) is 24.3 Å². The lowest BCUT2D eigenvalue weighted by atomic mass is 10.2. The molecule has 0 saturated carbocycles. The van der Waals surface area contributed by atoms with E-state index in [9.17, 15) is 17.2 Å². The maximum absolute atomic E-state index is 14.0. The van der Waals surface area contributed by atoms with E-state index in [0.29, 0.717) is 30.5 Å². The van der Waals surface area contributed by atoms with Gasteiger partial charge in [0.15, 0.2) is 0 Å². The molecule has 25 heavy (non-hydrogen) atoms. The van der Waals surface area contributed by atoms with Gasteiger partial charge < -0.3 is 0 Å². The molecule has 0 N–H and O–H groups in total. The minimum Gasteiger partial charge on any atom is -0.239 e. The van der Waals surface area contributed by atoms with Crippen molar-refractivity contribution in [1.82, 2.24) is 9.29 Å². The van der Waals surface area contributed by atoms with Crippen molar-refractivity contribution in [3.05, 3.63) is 59.1 Å². The highest BCUT2D eigenvalue weighted by molar-refractivity contribution is 7.89. The van der Waals surface area contributed by atoms with Crippen LogP contribution in [0.3, 0.4) is 0 Å². The van der Waals surface area contributed by atoms with Crippen LogP contribution in [0.15, 0.2) is 47.4 Å². The Morgan fingerprint density at radius 2 is 1.96 bits per heavy atom. The Kier molecular flexibility index (Phi) is 4.05. The molecule has 1 aliphatic rings. The van der Waals surface area contributed by atoms with Crippen molar-refractivity contribution in [2.75, 3.05) is 6.54 Å². The summed E-state index contributed by atoms with van der Waals surface area (Å²) in [6.45, 7) is 0.291. The van der Waals surface area contributed by atoms with E-state index in [4.69, 9.17) is 0 Å². The molecule has 2 heterocycles. The van der Waals surface area contributed by atoms with Gasteiger partial charge in [0.25, 0.3) is 0 Å². The average Bonchev–Trinajstić information content (AvgIpc) is 3.21. The van der Waals surface area contributed by atoms with Crippen LogP contribution >= 0.6 is 11.3 Å². The van der Waals surface area contributed by atoms with Gasteiger partial charge in [-0.1, -0.05) is 12.1 Å². The molecule has 0 radical (unpaired) electrons. The molecular formula is C17H14F2N2O2S2. The summed E-state index contributed by atoms with van der Waals surface area (Å²) in [6, 6.07) is 9.70. The van der Waals surface area contributed by atoms with Gasteiger partial charge in [-0.05, 0) is 37.1 Å². The van der Waals surface area contributed by atoms with Gasteiger partial charge in [0.2, 0.25) is 10.0 Å². The zero-order valence-electron chi connectivity index (χ0n) is 13.0. The smallest absolute Gasteiger partial charge is 0.239 e. The number of aromatic nitrogens is 1. The summed E-state index contributed by atoms with van der Waals surface area (Å²) in [6.07, 6.45) is 1.30. The predicted molar refractivity (Wildman–Crippen MR) is 91.8 cm³/mol. The second-order valence-electron chi connectivity index (χ2n) is 5.87. The van der Waals surface area contributed by atoms with Crippen LogP contribution in [0.5, 0.6) is 0 Å². The molecular weight excluding hydrogens is 366 g/mol. The van der Waals surface area contributed by atoms with Gasteiger partial charge in [-0.15, -0.1) is 11.3 Å². The normalized spacial score (nSPS) is 18.9. The molecule has 2 aromatic carbocycles. The Bertz CT molecular complexity index is 1020. The second-order valence-corrected chi connectivity index (χ2v) is 8.79. The molecule has 0 amide bonds. The van der Waals surface area contributed by atoms with Gasteiger partial charge in [0.05, 0.1) is 16.3 Å². The minimum atomic E-state index is -4.06. The Hall–Kier alpha value is -1.90. The molecule has 0 bridgehead atoms. The van der Waals surface area contributed by atoms with Crippen molar-refractivity contribution in [3.8, 4) is 0 Å². The number of hydrogen-bond donors (Lipinski definition) is 0. The van der Waals surface area contributed by atoms with Gasteiger partial charge in [-0.25, -0.2) is 22.2 Å². The number of fused-ring (bicyclic) bond motifs is 1. The first-order chi connectivity index (χ1) is 12.0. The Morgan fingerprint density at radius 1 is 1.16 bits per heavy atom. The summed E-state index contributed by atoms with van der Waals surface area (Å²) in [5, 5.41) is 0.699. The van der Waals surface area contributed by atoms with Gasteiger partial charge in [0.1, 0.15) is 21.5 Å². The van der Waals surface area contributed by atoms with Crippen LogP contribution in [-0.4, -0.2) is 24.3 Å². The van der Waals surface area contributed by atoms with Crippen molar-refractivity contribution >= 4 is 31.6 Å². The van der Waals surface area contributed by atoms with Crippen molar-refractivity contribution in [2.45, 2.75) is 23.8 Å². The van der Waals surface area contributed by atoms with E-state index in [-0.39, 0.29) is 0 Å². The number of nitrogens with zero attached hydrogens (tertiary/aromatic N) is 2. The Balaban J connectivity index is 1.75. The summed E-state index contributed by atoms with van der Waals surface area (Å²) in [4.78, 5) is 4.05. The van der Waals surface area contributed by atoms with Gasteiger partial charge in [-0.3, -0.25) is 0 Å². The molecule has 3 aromatic rings. The number of thiazole rings is 1. The fraction of sp³-hybridized carbons (Fsp3) is 0.235. The molecule has 1 aliphatic heterocycles. The molecule has 1 fully saturated rings. The molecule has 1 aromatic heterocycles. The van der Waals surface area contributed by atoms with Crippen LogP contribution in [0.25, 0.3) is 10.2 Å². The van der Waals surface area contributed by atoms with Gasteiger partial charge in [0, 0.05) is 12.6 Å². The van der Waals surface area contributed by atoms with Crippen LogP contribution in [0.2, 0.25) is 0 Å². The van der Waals surface area contributed by atoms with E-state index in [0.717, 1.165) is 22.3 Å². The fourth-order valence-corrected chi connectivity index (χ4v) is 6.01. The number of hydrogen-bond acceptors (Lipinski definition) is 4. The number of rotatable bonds is 3. The predicted octanol–water partition coefficient (Wildman–Crippen LogP) is 4.10. The van der Waals surface area contributed by atoms with Crippen molar-refractivity contribution in [1.29, 1.82) is 0 Å². The van der Waals surface area contributed by atoms with Crippen LogP contribution in [0.4, 0.5) is 8.78 Å². The fourth-order valence-electron chi connectivity index (χ4n) is 3.12. The lowest BCUT2D eigenvalue weighted by molar-refractivity contribution is 0.392. The first kappa shape index (κ1) is 16.6. The van der Waals surface area contributed by atoms with Crippen molar-refractivity contribution in [2.24, 2.45) is 0 Å². The molecule has 130 valence electrons. The Labute approximate surface area is 147 Å². The SMILES string of the molecule is O=S(=O)(c1ccc(F)cc1F)N1CCC[C@H]1c1nc2ccccc2s1. The third-order valence-corrected chi connectivity index (χ3v) is 7.36. The van der Waals surface area contributed by atoms with E-state index in [1.54, 1.807) is 0 Å². The highest BCUT2D eigenvalue weighted by Crippen LogP contribution is 2.40. The second kappa shape index (κ2) is 6.12. The summed E-state index contributed by atoms with van der Waals surface area (Å²) < 4.78 is 55.2. The summed E-state index contributed by atoms with van der Waals surface area (Å²) in [5.74, 6) is -1.88. The maximum Gasteiger partial charge on any atom is 0.246 e. The van der Waals surface area contributed by atoms with E-state index in [1.165, 1.54) is 15.6 Å². The lowest BCUT2D eigenvalue weighted by Gasteiger charge is -2.22. The molecule has 4 nitrogen and oxygen atoms in total. The maximum atomic E-state index is 14.0. The van der Waals surface area contributed by atoms with Gasteiger partial charge >= 0.3 is 0 Å². The van der Waals surface area contributed by atoms with Crippen LogP contribution < -0.4 is 0 Å². The zero-order chi connectivity index (χ0) is 17.6. The van der Waals surface area contributed by atoms with Crippen LogP contribution in [0.1, 0.15) is 23.9 Å². The standard InChI is InChI=1S/C17H14F2N2O2S2/c18-11-7-8-16(12(19)10-11)25(22,23)21-9-3-5-14(21)17-20-13-4-1-2-6-15(13)24-17/h1-2,4,6-8,10,14H,3,5,9H2/t14-/m0/s1. The number of halogens is 2. The molecule has 0 spiro atoms. The highest BCUT2D eigenvalue weighted by atomic mass is 32.2. The third kappa shape index (κ3) is 2.84. The first-order valence-corrected chi connectivity index (χ1v) is 10.0. The molecule has 1 atom stereocenters. The number of sulfonamides is 1. The first-order valence-electron chi connectivity index (χ1n) is 7.79. The highest BCUT2D eigenvalue weighted by Gasteiger charge is 2.39. The van der Waals surface area contributed by atoms with E-state index >= 15 is 0 Å². The number of para-hydroxylation sites is 1. The summed E-state index contributed by atoms with van der Waals surface area (Å²) >= 11 is 1.45. The molecule has 0 unspecified atom stereocenters. The Morgan fingerprint density at radius 3 is 2.72 bits per heavy atom. The summed E-state index contributed by atoms with van der Waals surface area (Å²) in [7, 11) is -4.06. The third-order valence-electron chi connectivity index (χ3n) is 4.28. The van der Waals surface area contributed by atoms with Crippen LogP contribution in [-0.2, 0) is 10.0 Å². The average molecular weight is 380 g/mol.